The van der Waals surface area contributed by atoms with Crippen molar-refractivity contribution in [2.75, 3.05) is 25.5 Å². The van der Waals surface area contributed by atoms with Gasteiger partial charge < -0.3 is 0 Å². The molecule has 0 aromatic rings. The summed E-state index contributed by atoms with van der Waals surface area (Å²) in [5.74, 6) is 0.270. The Hall–Kier alpha value is -0.550. The summed E-state index contributed by atoms with van der Waals surface area (Å²) in [6.45, 7) is 6.72. The van der Waals surface area contributed by atoms with E-state index in [9.17, 15) is 9.59 Å². The van der Waals surface area contributed by atoms with Crippen molar-refractivity contribution in [3.63, 3.8) is 0 Å². The summed E-state index contributed by atoms with van der Waals surface area (Å²) in [5, 5.41) is -0.0898. The average Bonchev–Trinajstić information content (AvgIpc) is 2.63. The lowest BCUT2D eigenvalue weighted by molar-refractivity contribution is -0.126. The molecule has 0 aromatic heterocycles. The largest absolute Gasteiger partial charge is 0.289 e. The number of rotatable bonds is 8. The molecule has 0 unspecified atom stereocenters. The van der Waals surface area contributed by atoms with Crippen LogP contribution >= 0.6 is 11.8 Å². The molecular weight excluding hydrogens is 236 g/mol. The molecular formula is C12H22N2O2S. The van der Waals surface area contributed by atoms with Crippen molar-refractivity contribution in [3.8, 4) is 0 Å². The van der Waals surface area contributed by atoms with Gasteiger partial charge in [-0.15, -0.1) is 0 Å². The number of hydrogen-bond donors (Lipinski definition) is 0. The molecule has 1 fully saturated rings. The van der Waals surface area contributed by atoms with Gasteiger partial charge in [-0.25, -0.2) is 0 Å². The zero-order valence-corrected chi connectivity index (χ0v) is 11.6. The highest BCUT2D eigenvalue weighted by atomic mass is 32.2. The van der Waals surface area contributed by atoms with Crippen molar-refractivity contribution < 1.29 is 9.59 Å². The third-order valence-electron chi connectivity index (χ3n) is 2.84. The number of thioether (sulfide) groups is 1. The summed E-state index contributed by atoms with van der Waals surface area (Å²) in [4.78, 5) is 26.6. The molecule has 0 radical (unpaired) electrons. The van der Waals surface area contributed by atoms with Gasteiger partial charge in [0, 0.05) is 0 Å². The quantitative estimate of drug-likeness (QED) is 0.671. The molecule has 0 spiro atoms. The van der Waals surface area contributed by atoms with Crippen molar-refractivity contribution >= 4 is 22.9 Å². The Balaban J connectivity index is 2.45. The molecule has 0 aromatic carbocycles. The van der Waals surface area contributed by atoms with E-state index in [0.717, 1.165) is 50.5 Å². The summed E-state index contributed by atoms with van der Waals surface area (Å²) in [6, 6.07) is 0. The topological polar surface area (TPSA) is 40.6 Å². The molecule has 4 nitrogen and oxygen atoms in total. The van der Waals surface area contributed by atoms with Crippen molar-refractivity contribution in [3.05, 3.63) is 0 Å². The first-order chi connectivity index (χ1) is 8.19. The minimum absolute atomic E-state index is 0.0435. The molecule has 5 heteroatoms. The summed E-state index contributed by atoms with van der Waals surface area (Å²) in [6.07, 6.45) is 4.51. The molecule has 1 heterocycles. The van der Waals surface area contributed by atoms with Crippen LogP contribution in [0.15, 0.2) is 0 Å². The second-order valence-electron chi connectivity index (χ2n) is 4.34. The molecule has 0 bridgehead atoms. The zero-order valence-electron chi connectivity index (χ0n) is 10.8. The molecule has 0 atom stereocenters. The standard InChI is InChI=1S/C12H22N2O2S/c1-3-5-7-13(8-6-4-2)10-14-11(15)9-17-12(14)16/h3-10H2,1-2H3. The van der Waals surface area contributed by atoms with E-state index in [1.165, 1.54) is 4.90 Å². The Morgan fingerprint density at radius 2 is 1.76 bits per heavy atom. The van der Waals surface area contributed by atoms with Crippen LogP contribution in [0.4, 0.5) is 4.79 Å². The van der Waals surface area contributed by atoms with Crippen LogP contribution in [-0.2, 0) is 4.79 Å². The maximum absolute atomic E-state index is 11.5. The second-order valence-corrected chi connectivity index (χ2v) is 5.27. The maximum Gasteiger partial charge on any atom is 0.289 e. The van der Waals surface area contributed by atoms with Gasteiger partial charge in [0.1, 0.15) is 0 Å². The van der Waals surface area contributed by atoms with Gasteiger partial charge in [0.25, 0.3) is 5.24 Å². The normalized spacial score (nSPS) is 16.3. The van der Waals surface area contributed by atoms with Crippen LogP contribution < -0.4 is 0 Å². The number of amides is 2. The monoisotopic (exact) mass is 258 g/mol. The predicted octanol–water partition coefficient (Wildman–Crippen LogP) is 2.54. The number of unbranched alkanes of at least 4 members (excludes halogenated alkanes) is 2. The highest BCUT2D eigenvalue weighted by Crippen LogP contribution is 2.19. The molecule has 1 aliphatic rings. The SMILES string of the molecule is CCCCN(CCCC)CN1C(=O)CSC1=O. The van der Waals surface area contributed by atoms with Crippen LogP contribution in [0, 0.1) is 0 Å². The van der Waals surface area contributed by atoms with Gasteiger partial charge in [-0.2, -0.15) is 0 Å². The summed E-state index contributed by atoms with van der Waals surface area (Å²) >= 11 is 1.11. The van der Waals surface area contributed by atoms with Gasteiger partial charge in [0.2, 0.25) is 5.91 Å². The minimum atomic E-state index is -0.0898. The number of carbonyl (C=O) groups excluding carboxylic acids is 2. The van der Waals surface area contributed by atoms with Crippen LogP contribution in [0.25, 0.3) is 0 Å². The van der Waals surface area contributed by atoms with Crippen molar-refractivity contribution in [1.29, 1.82) is 0 Å². The fourth-order valence-corrected chi connectivity index (χ4v) is 2.45. The van der Waals surface area contributed by atoms with Crippen LogP contribution in [0.1, 0.15) is 39.5 Å². The lowest BCUT2D eigenvalue weighted by atomic mass is 10.3. The Labute approximate surface area is 108 Å². The summed E-state index contributed by atoms with van der Waals surface area (Å²) in [7, 11) is 0. The van der Waals surface area contributed by atoms with Crippen LogP contribution in [-0.4, -0.2) is 46.5 Å². The van der Waals surface area contributed by atoms with E-state index < -0.39 is 0 Å². The minimum Gasteiger partial charge on any atom is -0.286 e. The predicted molar refractivity (Wildman–Crippen MR) is 71.0 cm³/mol. The van der Waals surface area contributed by atoms with Crippen LogP contribution in [0.3, 0.4) is 0 Å². The first-order valence-electron chi connectivity index (χ1n) is 6.38. The van der Waals surface area contributed by atoms with Crippen molar-refractivity contribution in [1.82, 2.24) is 9.80 Å². The number of imide groups is 1. The molecule has 2 amide bonds. The lowest BCUT2D eigenvalue weighted by Crippen LogP contribution is -2.41. The Kier molecular flexibility index (Phi) is 6.58. The van der Waals surface area contributed by atoms with Gasteiger partial charge in [0.15, 0.2) is 0 Å². The smallest absolute Gasteiger partial charge is 0.286 e. The van der Waals surface area contributed by atoms with Crippen molar-refractivity contribution in [2.45, 2.75) is 39.5 Å². The first-order valence-corrected chi connectivity index (χ1v) is 7.37. The third-order valence-corrected chi connectivity index (χ3v) is 3.70. The van der Waals surface area contributed by atoms with Gasteiger partial charge >= 0.3 is 0 Å². The zero-order chi connectivity index (χ0) is 12.7. The molecule has 0 aliphatic carbocycles. The molecule has 0 saturated carbocycles. The molecule has 0 N–H and O–H groups in total. The van der Waals surface area contributed by atoms with Crippen LogP contribution in [0.5, 0.6) is 0 Å². The molecule has 1 rings (SSSR count). The van der Waals surface area contributed by atoms with Gasteiger partial charge in [0.05, 0.1) is 12.4 Å². The van der Waals surface area contributed by atoms with Gasteiger partial charge in [-0.05, 0) is 25.9 Å². The number of nitrogens with zero attached hydrogens (tertiary/aromatic N) is 2. The summed E-state index contributed by atoms with van der Waals surface area (Å²) < 4.78 is 0. The van der Waals surface area contributed by atoms with Crippen molar-refractivity contribution in [2.24, 2.45) is 0 Å². The fraction of sp³-hybridized carbons (Fsp3) is 0.833. The van der Waals surface area contributed by atoms with Gasteiger partial charge in [-0.3, -0.25) is 19.4 Å². The molecule has 1 saturated heterocycles. The maximum atomic E-state index is 11.5. The Morgan fingerprint density at radius 3 is 2.18 bits per heavy atom. The van der Waals surface area contributed by atoms with E-state index in [-0.39, 0.29) is 11.1 Å². The van der Waals surface area contributed by atoms with Gasteiger partial charge in [-0.1, -0.05) is 38.5 Å². The first kappa shape index (κ1) is 14.5. The Morgan fingerprint density at radius 1 is 1.18 bits per heavy atom. The molecule has 1 aliphatic heterocycles. The second kappa shape index (κ2) is 7.71. The highest BCUT2D eigenvalue weighted by molar-refractivity contribution is 8.14. The Bertz CT molecular complexity index is 247. The lowest BCUT2D eigenvalue weighted by Gasteiger charge is -2.26. The highest BCUT2D eigenvalue weighted by Gasteiger charge is 2.30. The fourth-order valence-electron chi connectivity index (χ4n) is 1.73. The van der Waals surface area contributed by atoms with E-state index >= 15 is 0 Å². The molecule has 17 heavy (non-hydrogen) atoms. The van der Waals surface area contributed by atoms with E-state index in [0.29, 0.717) is 12.4 Å². The van der Waals surface area contributed by atoms with Crippen LogP contribution in [0.2, 0.25) is 0 Å². The number of hydrogen-bond acceptors (Lipinski definition) is 4. The van der Waals surface area contributed by atoms with E-state index in [2.05, 4.69) is 18.7 Å². The number of carbonyl (C=O) groups is 2. The van der Waals surface area contributed by atoms with E-state index in [1.54, 1.807) is 0 Å². The average molecular weight is 258 g/mol. The summed E-state index contributed by atoms with van der Waals surface area (Å²) in [5.41, 5.74) is 0. The third kappa shape index (κ3) is 4.68. The van der Waals surface area contributed by atoms with E-state index in [1.807, 2.05) is 0 Å². The molecule has 98 valence electrons. The van der Waals surface area contributed by atoms with E-state index in [4.69, 9.17) is 0 Å².